The lowest BCUT2D eigenvalue weighted by Gasteiger charge is -2.09. The standard InChI is InChI=1S/C13H7F4NO2/c14-11-10(12(19)20)5-8(6-18-11)7-2-1-3-9(4-7)13(15,16)17/h1-6H,(H,19,20). The molecule has 0 spiro atoms. The Morgan fingerprint density at radius 2 is 1.85 bits per heavy atom. The van der Waals surface area contributed by atoms with E-state index in [1.165, 1.54) is 12.1 Å². The summed E-state index contributed by atoms with van der Waals surface area (Å²) in [5.41, 5.74) is -1.37. The molecule has 0 fully saturated rings. The summed E-state index contributed by atoms with van der Waals surface area (Å²) in [6.07, 6.45) is -3.53. The van der Waals surface area contributed by atoms with E-state index in [0.717, 1.165) is 24.4 Å². The molecule has 20 heavy (non-hydrogen) atoms. The molecule has 0 aliphatic carbocycles. The van der Waals surface area contributed by atoms with Crippen molar-refractivity contribution in [3.05, 3.63) is 53.6 Å². The lowest BCUT2D eigenvalue weighted by molar-refractivity contribution is -0.137. The van der Waals surface area contributed by atoms with Crippen LogP contribution in [-0.2, 0) is 6.18 Å². The van der Waals surface area contributed by atoms with Gasteiger partial charge in [-0.2, -0.15) is 17.6 Å². The van der Waals surface area contributed by atoms with Crippen molar-refractivity contribution in [2.24, 2.45) is 0 Å². The van der Waals surface area contributed by atoms with E-state index in [4.69, 9.17) is 5.11 Å². The number of benzene rings is 1. The van der Waals surface area contributed by atoms with Gasteiger partial charge in [0.2, 0.25) is 5.95 Å². The predicted octanol–water partition coefficient (Wildman–Crippen LogP) is 3.60. The first-order chi connectivity index (χ1) is 9.29. The van der Waals surface area contributed by atoms with Crippen LogP contribution in [0.1, 0.15) is 15.9 Å². The Kier molecular flexibility index (Phi) is 3.44. The van der Waals surface area contributed by atoms with E-state index in [1.54, 1.807) is 0 Å². The molecule has 0 unspecified atom stereocenters. The zero-order valence-electron chi connectivity index (χ0n) is 9.78. The molecule has 0 aliphatic heterocycles. The molecule has 0 amide bonds. The smallest absolute Gasteiger partial charge is 0.416 e. The number of carboxylic acids is 1. The van der Waals surface area contributed by atoms with Crippen LogP contribution in [0.2, 0.25) is 0 Å². The van der Waals surface area contributed by atoms with E-state index in [9.17, 15) is 22.4 Å². The highest BCUT2D eigenvalue weighted by atomic mass is 19.4. The third kappa shape index (κ3) is 2.76. The average molecular weight is 285 g/mol. The SMILES string of the molecule is O=C(O)c1cc(-c2cccc(C(F)(F)F)c2)cnc1F. The highest BCUT2D eigenvalue weighted by Gasteiger charge is 2.30. The highest BCUT2D eigenvalue weighted by Crippen LogP contribution is 2.32. The monoisotopic (exact) mass is 285 g/mol. The molecular formula is C13H7F4NO2. The normalized spacial score (nSPS) is 11.4. The Balaban J connectivity index is 2.52. The molecule has 0 atom stereocenters. The number of carboxylic acid groups (broad SMARTS) is 1. The van der Waals surface area contributed by atoms with Crippen molar-refractivity contribution in [3.63, 3.8) is 0 Å². The van der Waals surface area contributed by atoms with Crippen LogP contribution in [0.3, 0.4) is 0 Å². The van der Waals surface area contributed by atoms with Crippen LogP contribution < -0.4 is 0 Å². The summed E-state index contributed by atoms with van der Waals surface area (Å²) in [7, 11) is 0. The minimum atomic E-state index is -4.51. The molecule has 0 radical (unpaired) electrons. The number of aromatic carboxylic acids is 1. The van der Waals surface area contributed by atoms with Crippen molar-refractivity contribution in [2.45, 2.75) is 6.18 Å². The van der Waals surface area contributed by atoms with Crippen molar-refractivity contribution in [2.75, 3.05) is 0 Å². The van der Waals surface area contributed by atoms with Gasteiger partial charge in [-0.3, -0.25) is 0 Å². The van der Waals surface area contributed by atoms with Gasteiger partial charge in [-0.1, -0.05) is 12.1 Å². The van der Waals surface area contributed by atoms with Gasteiger partial charge in [0.1, 0.15) is 5.56 Å². The fourth-order valence-electron chi connectivity index (χ4n) is 1.63. The molecule has 0 saturated carbocycles. The Morgan fingerprint density at radius 1 is 1.15 bits per heavy atom. The molecule has 1 heterocycles. The maximum atomic E-state index is 13.1. The van der Waals surface area contributed by atoms with Gasteiger partial charge >= 0.3 is 12.1 Å². The van der Waals surface area contributed by atoms with Gasteiger partial charge in [0.25, 0.3) is 0 Å². The molecular weight excluding hydrogens is 278 g/mol. The number of aromatic nitrogens is 1. The highest BCUT2D eigenvalue weighted by molar-refractivity contribution is 5.89. The summed E-state index contributed by atoms with van der Waals surface area (Å²) >= 11 is 0. The lowest BCUT2D eigenvalue weighted by Crippen LogP contribution is -2.05. The van der Waals surface area contributed by atoms with Gasteiger partial charge < -0.3 is 5.11 Å². The summed E-state index contributed by atoms with van der Waals surface area (Å²) < 4.78 is 50.9. The predicted molar refractivity (Wildman–Crippen MR) is 61.6 cm³/mol. The van der Waals surface area contributed by atoms with Crippen molar-refractivity contribution >= 4 is 5.97 Å². The molecule has 0 saturated heterocycles. The molecule has 1 aromatic heterocycles. The van der Waals surface area contributed by atoms with E-state index < -0.39 is 29.2 Å². The summed E-state index contributed by atoms with van der Waals surface area (Å²) in [5.74, 6) is -2.72. The van der Waals surface area contributed by atoms with Crippen LogP contribution in [0.4, 0.5) is 17.6 Å². The van der Waals surface area contributed by atoms with Crippen LogP contribution in [0.25, 0.3) is 11.1 Å². The largest absolute Gasteiger partial charge is 0.478 e. The summed E-state index contributed by atoms with van der Waals surface area (Å²) in [4.78, 5) is 14.0. The number of carbonyl (C=O) groups is 1. The molecule has 7 heteroatoms. The molecule has 1 aromatic carbocycles. The number of alkyl halides is 3. The maximum Gasteiger partial charge on any atom is 0.416 e. The van der Waals surface area contributed by atoms with Gasteiger partial charge in [0, 0.05) is 11.8 Å². The topological polar surface area (TPSA) is 50.2 Å². The third-order valence-electron chi connectivity index (χ3n) is 2.59. The quantitative estimate of drug-likeness (QED) is 0.677. The van der Waals surface area contributed by atoms with Gasteiger partial charge in [-0.05, 0) is 23.8 Å². The van der Waals surface area contributed by atoms with Crippen molar-refractivity contribution in [1.82, 2.24) is 4.98 Å². The van der Waals surface area contributed by atoms with Crippen molar-refractivity contribution in [1.29, 1.82) is 0 Å². The molecule has 0 bridgehead atoms. The summed E-state index contributed by atoms with van der Waals surface area (Å²) in [6.45, 7) is 0. The summed E-state index contributed by atoms with van der Waals surface area (Å²) in [6, 6.07) is 5.22. The van der Waals surface area contributed by atoms with E-state index in [1.807, 2.05) is 0 Å². The maximum absolute atomic E-state index is 13.1. The number of hydrogen-bond donors (Lipinski definition) is 1. The second kappa shape index (κ2) is 4.92. The first kappa shape index (κ1) is 14.0. The van der Waals surface area contributed by atoms with Crippen LogP contribution in [0, 0.1) is 5.95 Å². The Hall–Kier alpha value is -2.44. The van der Waals surface area contributed by atoms with Crippen molar-refractivity contribution < 1.29 is 27.5 Å². The second-order valence-corrected chi connectivity index (χ2v) is 3.95. The zero-order chi connectivity index (χ0) is 14.9. The van der Waals surface area contributed by atoms with Crippen molar-refractivity contribution in [3.8, 4) is 11.1 Å². The fourth-order valence-corrected chi connectivity index (χ4v) is 1.63. The molecule has 0 aliphatic rings. The third-order valence-corrected chi connectivity index (χ3v) is 2.59. The van der Waals surface area contributed by atoms with Gasteiger partial charge in [0.15, 0.2) is 0 Å². The van der Waals surface area contributed by atoms with Crippen LogP contribution in [-0.4, -0.2) is 16.1 Å². The Bertz CT molecular complexity index is 668. The van der Waals surface area contributed by atoms with Gasteiger partial charge in [-0.25, -0.2) is 9.78 Å². The lowest BCUT2D eigenvalue weighted by atomic mass is 10.0. The molecule has 2 aromatic rings. The number of hydrogen-bond acceptors (Lipinski definition) is 2. The van der Waals surface area contributed by atoms with Crippen LogP contribution in [0.5, 0.6) is 0 Å². The minimum absolute atomic E-state index is 0.0925. The van der Waals surface area contributed by atoms with E-state index in [-0.39, 0.29) is 11.1 Å². The number of pyridine rings is 1. The van der Waals surface area contributed by atoms with E-state index in [0.29, 0.717) is 0 Å². The van der Waals surface area contributed by atoms with Crippen LogP contribution in [0.15, 0.2) is 36.5 Å². The number of halogens is 4. The average Bonchev–Trinajstić information content (AvgIpc) is 2.38. The first-order valence-electron chi connectivity index (χ1n) is 5.35. The molecule has 3 nitrogen and oxygen atoms in total. The van der Waals surface area contributed by atoms with Gasteiger partial charge in [-0.15, -0.1) is 0 Å². The van der Waals surface area contributed by atoms with E-state index >= 15 is 0 Å². The summed E-state index contributed by atoms with van der Waals surface area (Å²) in [5, 5.41) is 8.76. The van der Waals surface area contributed by atoms with E-state index in [2.05, 4.69) is 4.98 Å². The molecule has 2 rings (SSSR count). The van der Waals surface area contributed by atoms with Gasteiger partial charge in [0.05, 0.1) is 5.56 Å². The first-order valence-corrected chi connectivity index (χ1v) is 5.35. The molecule has 104 valence electrons. The Labute approximate surface area is 110 Å². The molecule has 1 N–H and O–H groups in total. The second-order valence-electron chi connectivity index (χ2n) is 3.95. The number of rotatable bonds is 2. The van der Waals surface area contributed by atoms with Crippen LogP contribution >= 0.6 is 0 Å². The Morgan fingerprint density at radius 3 is 2.45 bits per heavy atom. The number of nitrogens with zero attached hydrogens (tertiary/aromatic N) is 1. The fraction of sp³-hybridized carbons (Fsp3) is 0.0769. The zero-order valence-corrected chi connectivity index (χ0v) is 9.78. The minimum Gasteiger partial charge on any atom is -0.478 e.